The summed E-state index contributed by atoms with van der Waals surface area (Å²) in [5.74, 6) is 1.37. The number of nitrogens with two attached hydrogens (primary N) is 1. The summed E-state index contributed by atoms with van der Waals surface area (Å²) >= 11 is 0. The van der Waals surface area contributed by atoms with Crippen molar-refractivity contribution in [3.05, 3.63) is 18.2 Å². The van der Waals surface area contributed by atoms with Gasteiger partial charge in [-0.1, -0.05) is 6.07 Å². The smallest absolute Gasteiger partial charge is 0.128 e. The molecule has 0 amide bonds. The van der Waals surface area contributed by atoms with Crippen molar-refractivity contribution in [2.75, 3.05) is 11.1 Å². The van der Waals surface area contributed by atoms with Crippen LogP contribution in [0.5, 0.6) is 0 Å². The first kappa shape index (κ1) is 8.84. The van der Waals surface area contributed by atoms with Gasteiger partial charge in [0.2, 0.25) is 0 Å². The van der Waals surface area contributed by atoms with E-state index in [0.717, 1.165) is 5.82 Å². The predicted octanol–water partition coefficient (Wildman–Crippen LogP) is 1.87. The SMILES string of the molecule is CC(C)(C)Nc1cccc(N)n1. The summed E-state index contributed by atoms with van der Waals surface area (Å²) in [4.78, 5) is 4.13. The summed E-state index contributed by atoms with van der Waals surface area (Å²) < 4.78 is 0. The van der Waals surface area contributed by atoms with Crippen LogP contribution in [-0.2, 0) is 0 Å². The van der Waals surface area contributed by atoms with Gasteiger partial charge in [0.15, 0.2) is 0 Å². The van der Waals surface area contributed by atoms with E-state index in [4.69, 9.17) is 5.73 Å². The van der Waals surface area contributed by atoms with Crippen LogP contribution in [-0.4, -0.2) is 10.5 Å². The van der Waals surface area contributed by atoms with Gasteiger partial charge in [-0.2, -0.15) is 0 Å². The zero-order chi connectivity index (χ0) is 9.19. The average Bonchev–Trinajstić information content (AvgIpc) is 1.82. The van der Waals surface area contributed by atoms with E-state index in [-0.39, 0.29) is 5.54 Å². The maximum Gasteiger partial charge on any atom is 0.128 e. The second kappa shape index (κ2) is 3.01. The Labute approximate surface area is 73.0 Å². The molecule has 0 aliphatic carbocycles. The lowest BCUT2D eigenvalue weighted by atomic mass is 10.1. The molecular weight excluding hydrogens is 150 g/mol. The highest BCUT2D eigenvalue weighted by Crippen LogP contribution is 2.12. The van der Waals surface area contributed by atoms with E-state index in [1.807, 2.05) is 12.1 Å². The van der Waals surface area contributed by atoms with Gasteiger partial charge in [-0.25, -0.2) is 4.98 Å². The molecule has 0 spiro atoms. The van der Waals surface area contributed by atoms with Crippen LogP contribution in [0.3, 0.4) is 0 Å². The molecule has 3 nitrogen and oxygen atoms in total. The Morgan fingerprint density at radius 3 is 2.50 bits per heavy atom. The van der Waals surface area contributed by atoms with Gasteiger partial charge in [-0.15, -0.1) is 0 Å². The average molecular weight is 165 g/mol. The maximum absolute atomic E-state index is 5.53. The normalized spacial score (nSPS) is 11.2. The van der Waals surface area contributed by atoms with Crippen LogP contribution in [0.25, 0.3) is 0 Å². The van der Waals surface area contributed by atoms with Crippen molar-refractivity contribution in [3.63, 3.8) is 0 Å². The zero-order valence-corrected chi connectivity index (χ0v) is 7.76. The highest BCUT2D eigenvalue weighted by molar-refractivity contribution is 5.43. The predicted molar refractivity (Wildman–Crippen MR) is 52.0 cm³/mol. The van der Waals surface area contributed by atoms with Crippen LogP contribution in [0.15, 0.2) is 18.2 Å². The number of hydrogen-bond acceptors (Lipinski definition) is 3. The first-order valence-corrected chi connectivity index (χ1v) is 3.98. The summed E-state index contributed by atoms with van der Waals surface area (Å²) in [6, 6.07) is 5.56. The number of rotatable bonds is 1. The Morgan fingerprint density at radius 2 is 2.00 bits per heavy atom. The molecule has 1 aromatic rings. The lowest BCUT2D eigenvalue weighted by Gasteiger charge is -2.21. The van der Waals surface area contributed by atoms with Gasteiger partial charge in [0.1, 0.15) is 11.6 Å². The largest absolute Gasteiger partial charge is 0.384 e. The fourth-order valence-corrected chi connectivity index (χ4v) is 0.905. The van der Waals surface area contributed by atoms with Gasteiger partial charge < -0.3 is 11.1 Å². The first-order valence-electron chi connectivity index (χ1n) is 3.98. The molecule has 0 aromatic carbocycles. The van der Waals surface area contributed by atoms with Crippen molar-refractivity contribution < 1.29 is 0 Å². The van der Waals surface area contributed by atoms with Gasteiger partial charge in [0, 0.05) is 5.54 Å². The fraction of sp³-hybridized carbons (Fsp3) is 0.444. The molecule has 0 fully saturated rings. The molecule has 0 atom stereocenters. The Kier molecular flexibility index (Phi) is 2.22. The monoisotopic (exact) mass is 165 g/mol. The molecule has 0 radical (unpaired) electrons. The van der Waals surface area contributed by atoms with Crippen molar-refractivity contribution in [3.8, 4) is 0 Å². The van der Waals surface area contributed by atoms with Crippen molar-refractivity contribution >= 4 is 11.6 Å². The molecule has 12 heavy (non-hydrogen) atoms. The van der Waals surface area contributed by atoms with E-state index in [2.05, 4.69) is 31.1 Å². The second-order valence-electron chi connectivity index (χ2n) is 3.82. The highest BCUT2D eigenvalue weighted by atomic mass is 15.1. The number of nitrogens with zero attached hydrogens (tertiary/aromatic N) is 1. The first-order chi connectivity index (χ1) is 5.47. The van der Waals surface area contributed by atoms with Gasteiger partial charge >= 0.3 is 0 Å². The van der Waals surface area contributed by atoms with Crippen molar-refractivity contribution in [2.45, 2.75) is 26.3 Å². The highest BCUT2D eigenvalue weighted by Gasteiger charge is 2.09. The molecule has 0 unspecified atom stereocenters. The molecule has 1 heterocycles. The third-order valence-corrected chi connectivity index (χ3v) is 1.27. The van der Waals surface area contributed by atoms with E-state index < -0.39 is 0 Å². The van der Waals surface area contributed by atoms with Crippen molar-refractivity contribution in [1.29, 1.82) is 0 Å². The molecule has 66 valence electrons. The number of anilines is 2. The summed E-state index contributed by atoms with van der Waals surface area (Å²) in [6.45, 7) is 6.24. The Hall–Kier alpha value is -1.25. The van der Waals surface area contributed by atoms with Gasteiger partial charge in [-0.05, 0) is 32.9 Å². The van der Waals surface area contributed by atoms with Crippen molar-refractivity contribution in [2.24, 2.45) is 0 Å². The number of hydrogen-bond donors (Lipinski definition) is 2. The third-order valence-electron chi connectivity index (χ3n) is 1.27. The van der Waals surface area contributed by atoms with Crippen LogP contribution in [0.4, 0.5) is 11.6 Å². The Bertz CT molecular complexity index is 263. The minimum absolute atomic E-state index is 0.0286. The third kappa shape index (κ3) is 2.78. The molecular formula is C9H15N3. The fourth-order valence-electron chi connectivity index (χ4n) is 0.905. The zero-order valence-electron chi connectivity index (χ0n) is 7.76. The minimum atomic E-state index is 0.0286. The van der Waals surface area contributed by atoms with E-state index in [1.54, 1.807) is 6.07 Å². The maximum atomic E-state index is 5.53. The van der Waals surface area contributed by atoms with Crippen LogP contribution in [0.1, 0.15) is 20.8 Å². The van der Waals surface area contributed by atoms with Crippen molar-refractivity contribution in [1.82, 2.24) is 4.98 Å². The summed E-state index contributed by atoms with van der Waals surface area (Å²) in [5.41, 5.74) is 5.55. The molecule has 3 heteroatoms. The van der Waals surface area contributed by atoms with E-state index in [0.29, 0.717) is 5.82 Å². The Balaban J connectivity index is 2.77. The number of aromatic nitrogens is 1. The van der Waals surface area contributed by atoms with Crippen LogP contribution in [0, 0.1) is 0 Å². The molecule has 0 aliphatic rings. The molecule has 1 aromatic heterocycles. The number of nitrogen functional groups attached to an aromatic ring is 1. The molecule has 0 saturated heterocycles. The molecule has 0 aliphatic heterocycles. The quantitative estimate of drug-likeness (QED) is 0.668. The summed E-state index contributed by atoms with van der Waals surface area (Å²) in [5, 5.41) is 3.23. The lowest BCUT2D eigenvalue weighted by molar-refractivity contribution is 0.630. The van der Waals surface area contributed by atoms with Crippen LogP contribution < -0.4 is 11.1 Å². The number of nitrogens with one attached hydrogen (secondary N) is 1. The lowest BCUT2D eigenvalue weighted by Crippen LogP contribution is -2.26. The van der Waals surface area contributed by atoms with Gasteiger partial charge in [0.05, 0.1) is 0 Å². The van der Waals surface area contributed by atoms with E-state index in [9.17, 15) is 0 Å². The van der Waals surface area contributed by atoms with Gasteiger partial charge in [-0.3, -0.25) is 0 Å². The van der Waals surface area contributed by atoms with E-state index >= 15 is 0 Å². The second-order valence-corrected chi connectivity index (χ2v) is 3.82. The van der Waals surface area contributed by atoms with Gasteiger partial charge in [0.25, 0.3) is 0 Å². The van der Waals surface area contributed by atoms with E-state index in [1.165, 1.54) is 0 Å². The topological polar surface area (TPSA) is 50.9 Å². The Morgan fingerprint density at radius 1 is 1.33 bits per heavy atom. The summed E-state index contributed by atoms with van der Waals surface area (Å²) in [6.07, 6.45) is 0. The number of pyridine rings is 1. The molecule has 1 rings (SSSR count). The molecule has 0 saturated carbocycles. The van der Waals surface area contributed by atoms with Crippen LogP contribution in [0.2, 0.25) is 0 Å². The van der Waals surface area contributed by atoms with Crippen LogP contribution >= 0.6 is 0 Å². The standard InChI is InChI=1S/C9H15N3/c1-9(2,3)12-8-6-4-5-7(10)11-8/h4-6H,1-3H3,(H3,10,11,12). The molecule has 3 N–H and O–H groups in total. The minimum Gasteiger partial charge on any atom is -0.384 e. The molecule has 0 bridgehead atoms. The summed E-state index contributed by atoms with van der Waals surface area (Å²) in [7, 11) is 0.